The largest absolute Gasteiger partial charge is 0.382 e. The topological polar surface area (TPSA) is 65.7 Å². The van der Waals surface area contributed by atoms with Crippen LogP contribution in [0.2, 0.25) is 0 Å². The van der Waals surface area contributed by atoms with Crippen LogP contribution in [0.15, 0.2) is 24.3 Å². The summed E-state index contributed by atoms with van der Waals surface area (Å²) in [7, 11) is 0. The average Bonchev–Trinajstić information content (AvgIpc) is 2.98. The van der Waals surface area contributed by atoms with Crippen molar-refractivity contribution in [2.45, 2.75) is 26.7 Å². The van der Waals surface area contributed by atoms with Crippen LogP contribution in [0.1, 0.15) is 30.9 Å². The van der Waals surface area contributed by atoms with Gasteiger partial charge in [-0.1, -0.05) is 12.1 Å². The van der Waals surface area contributed by atoms with Crippen LogP contribution in [-0.2, 0) is 4.74 Å². The maximum absolute atomic E-state index is 9.68. The fourth-order valence-corrected chi connectivity index (χ4v) is 3.91. The molecule has 2 heterocycles. The molecule has 0 unspecified atom stereocenters. The number of anilines is 1. The second-order valence-electron chi connectivity index (χ2n) is 7.34. The first-order valence-electron chi connectivity index (χ1n) is 10.3. The van der Waals surface area contributed by atoms with E-state index in [1.165, 1.54) is 5.56 Å². The number of H-pyrrole nitrogens is 1. The van der Waals surface area contributed by atoms with Gasteiger partial charge in [-0.2, -0.15) is 5.26 Å². The molecule has 0 saturated carbocycles. The van der Waals surface area contributed by atoms with Gasteiger partial charge in [-0.15, -0.1) is 0 Å². The van der Waals surface area contributed by atoms with E-state index < -0.39 is 0 Å². The zero-order valence-corrected chi connectivity index (χ0v) is 18.1. The summed E-state index contributed by atoms with van der Waals surface area (Å²) in [6.07, 6.45) is 1.94. The highest BCUT2D eigenvalue weighted by atomic mass is 32.1. The molecular weight excluding hydrogens is 382 g/mol. The van der Waals surface area contributed by atoms with Crippen LogP contribution in [0, 0.1) is 18.3 Å². The normalized spacial score (nSPS) is 14.5. The minimum Gasteiger partial charge on any atom is -0.382 e. The molecule has 6 nitrogen and oxygen atoms in total. The van der Waals surface area contributed by atoms with E-state index in [1.54, 1.807) is 0 Å². The van der Waals surface area contributed by atoms with Crippen molar-refractivity contribution in [1.82, 2.24) is 10.2 Å². The smallest absolute Gasteiger partial charge is 0.293 e. The van der Waals surface area contributed by atoms with Crippen molar-refractivity contribution >= 4 is 34.1 Å². The van der Waals surface area contributed by atoms with Crippen molar-refractivity contribution in [3.05, 3.63) is 35.4 Å². The van der Waals surface area contributed by atoms with E-state index in [0.717, 1.165) is 80.6 Å². The van der Waals surface area contributed by atoms with Crippen molar-refractivity contribution in [3.63, 3.8) is 0 Å². The minimum atomic E-state index is 0.687. The van der Waals surface area contributed by atoms with E-state index in [9.17, 15) is 5.26 Å². The first-order chi connectivity index (χ1) is 14.1. The summed E-state index contributed by atoms with van der Waals surface area (Å²) in [6, 6.07) is 10.6. The molecule has 0 amide bonds. The Balaban J connectivity index is 1.66. The van der Waals surface area contributed by atoms with Crippen LogP contribution in [0.25, 0.3) is 10.9 Å². The second kappa shape index (κ2) is 10.4. The molecule has 154 valence electrons. The maximum Gasteiger partial charge on any atom is 0.293 e. The van der Waals surface area contributed by atoms with Gasteiger partial charge in [0.15, 0.2) is 5.11 Å². The van der Waals surface area contributed by atoms with Crippen LogP contribution >= 0.6 is 12.2 Å². The number of nitrogens with one attached hydrogen (secondary N) is 2. The lowest BCUT2D eigenvalue weighted by atomic mass is 10.1. The van der Waals surface area contributed by atoms with Crippen molar-refractivity contribution in [2.75, 3.05) is 50.8 Å². The molecule has 0 spiro atoms. The minimum absolute atomic E-state index is 0.687. The Morgan fingerprint density at radius 2 is 2.14 bits per heavy atom. The van der Waals surface area contributed by atoms with Gasteiger partial charge in [0.05, 0.1) is 13.1 Å². The fourth-order valence-electron chi connectivity index (χ4n) is 3.63. The summed E-state index contributed by atoms with van der Waals surface area (Å²) in [5.74, 6) is 0.906. The van der Waals surface area contributed by atoms with Gasteiger partial charge in [0, 0.05) is 38.1 Å². The predicted octanol–water partition coefficient (Wildman–Crippen LogP) is 2.65. The number of pyridine rings is 1. The lowest BCUT2D eigenvalue weighted by Crippen LogP contribution is -2.42. The highest BCUT2D eigenvalue weighted by Crippen LogP contribution is 2.21. The maximum atomic E-state index is 9.68. The molecule has 1 fully saturated rings. The van der Waals surface area contributed by atoms with Gasteiger partial charge < -0.3 is 15.0 Å². The Kier molecular flexibility index (Phi) is 7.62. The first-order valence-corrected chi connectivity index (χ1v) is 10.8. The van der Waals surface area contributed by atoms with E-state index in [2.05, 4.69) is 51.3 Å². The molecule has 0 bridgehead atoms. The summed E-state index contributed by atoms with van der Waals surface area (Å²) in [4.78, 5) is 8.01. The number of thiocarbonyl (C=S) groups is 1. The van der Waals surface area contributed by atoms with Crippen molar-refractivity contribution in [3.8, 4) is 6.07 Å². The number of hydrogen-bond acceptors (Lipinski definition) is 4. The molecule has 7 heteroatoms. The van der Waals surface area contributed by atoms with Crippen molar-refractivity contribution < 1.29 is 9.72 Å². The van der Waals surface area contributed by atoms with Crippen LogP contribution in [0.3, 0.4) is 0 Å². The van der Waals surface area contributed by atoms with Gasteiger partial charge in [0.2, 0.25) is 0 Å². The Bertz CT molecular complexity index is 895. The average molecular weight is 413 g/mol. The Morgan fingerprint density at radius 1 is 1.28 bits per heavy atom. The highest BCUT2D eigenvalue weighted by Gasteiger charge is 2.25. The van der Waals surface area contributed by atoms with E-state index in [0.29, 0.717) is 5.56 Å². The number of benzene rings is 1. The first kappa shape index (κ1) is 21.3. The summed E-state index contributed by atoms with van der Waals surface area (Å²) in [5, 5.41) is 14.9. The molecule has 1 aliphatic rings. The summed E-state index contributed by atoms with van der Waals surface area (Å²) >= 11 is 5.59. The number of nitrogens with zero attached hydrogens (tertiary/aromatic N) is 3. The molecule has 2 aromatic rings. The zero-order chi connectivity index (χ0) is 20.6. The quantitative estimate of drug-likeness (QED) is 0.581. The third-order valence-corrected chi connectivity index (χ3v) is 5.58. The molecule has 1 aromatic carbocycles. The summed E-state index contributed by atoms with van der Waals surface area (Å²) in [6.45, 7) is 9.90. The molecule has 0 aliphatic carbocycles. The molecule has 1 saturated heterocycles. The molecular formula is C22H30N5OS+. The molecule has 29 heavy (non-hydrogen) atoms. The number of aryl methyl sites for hydroxylation is 1. The van der Waals surface area contributed by atoms with Gasteiger partial charge in [-0.3, -0.25) is 4.90 Å². The van der Waals surface area contributed by atoms with E-state index in [1.807, 2.05) is 13.0 Å². The van der Waals surface area contributed by atoms with Crippen molar-refractivity contribution in [2.24, 2.45) is 0 Å². The number of nitriles is 1. The Morgan fingerprint density at radius 3 is 2.93 bits per heavy atom. The van der Waals surface area contributed by atoms with E-state index in [-0.39, 0.29) is 0 Å². The predicted molar refractivity (Wildman–Crippen MR) is 120 cm³/mol. The molecule has 1 aliphatic heterocycles. The zero-order valence-electron chi connectivity index (χ0n) is 17.3. The molecule has 2 N–H and O–H groups in total. The van der Waals surface area contributed by atoms with Crippen LogP contribution in [0.4, 0.5) is 5.82 Å². The SMILES string of the molecule is CCOCCCNC(=S)N1CCCN(c2[nH+]c3cc(C)ccc3cc2C#N)CC1. The van der Waals surface area contributed by atoms with Gasteiger partial charge in [-0.25, -0.2) is 4.98 Å². The number of ether oxygens (including phenoxy) is 1. The van der Waals surface area contributed by atoms with Crippen molar-refractivity contribution in [1.29, 1.82) is 5.26 Å². The standard InChI is InChI=1S/C22H29N5OS/c1-3-28-13-4-8-24-22(29)27-10-5-9-26(11-12-27)21-19(16-23)15-18-7-6-17(2)14-20(18)25-21/h6-7,14-15H,3-5,8-13H2,1-2H3,(H,24,29)/p+1. The number of rotatable bonds is 6. The van der Waals surface area contributed by atoms with Gasteiger partial charge in [-0.05, 0) is 50.2 Å². The summed E-state index contributed by atoms with van der Waals surface area (Å²) < 4.78 is 5.37. The molecule has 0 atom stereocenters. The van der Waals surface area contributed by atoms with Gasteiger partial charge in [0.1, 0.15) is 23.7 Å². The third kappa shape index (κ3) is 5.55. The number of aromatic amines is 1. The molecule has 3 rings (SSSR count). The molecule has 1 aromatic heterocycles. The Hall–Kier alpha value is -2.43. The Labute approximate surface area is 178 Å². The lowest BCUT2D eigenvalue weighted by Gasteiger charge is -2.23. The number of fused-ring (bicyclic) bond motifs is 1. The second-order valence-corrected chi connectivity index (χ2v) is 7.73. The lowest BCUT2D eigenvalue weighted by molar-refractivity contribution is -0.330. The van der Waals surface area contributed by atoms with Crippen LogP contribution in [-0.4, -0.2) is 55.9 Å². The third-order valence-electron chi connectivity index (χ3n) is 5.18. The highest BCUT2D eigenvalue weighted by molar-refractivity contribution is 7.80. The van der Waals surface area contributed by atoms with E-state index >= 15 is 0 Å². The fraction of sp³-hybridized carbons (Fsp3) is 0.500. The van der Waals surface area contributed by atoms with Crippen LogP contribution in [0.5, 0.6) is 0 Å². The number of hydrogen-bond donors (Lipinski definition) is 1. The number of aromatic nitrogens is 1. The van der Waals surface area contributed by atoms with E-state index in [4.69, 9.17) is 17.0 Å². The van der Waals surface area contributed by atoms with Gasteiger partial charge in [0.25, 0.3) is 5.82 Å². The molecule has 0 radical (unpaired) electrons. The summed E-state index contributed by atoms with van der Waals surface area (Å²) in [5.41, 5.74) is 2.95. The monoisotopic (exact) mass is 412 g/mol. The van der Waals surface area contributed by atoms with Crippen LogP contribution < -0.4 is 15.2 Å². The van der Waals surface area contributed by atoms with Gasteiger partial charge >= 0.3 is 0 Å².